The molecular weight excluding hydrogens is 398 g/mol. The van der Waals surface area contributed by atoms with Gasteiger partial charge in [0.25, 0.3) is 5.69 Å². The van der Waals surface area contributed by atoms with Gasteiger partial charge in [0.1, 0.15) is 11.5 Å². The molecule has 2 heterocycles. The normalized spacial score (nSPS) is 18.3. The lowest BCUT2D eigenvalue weighted by Crippen LogP contribution is -2.45. The second-order valence-corrected chi connectivity index (χ2v) is 7.90. The summed E-state index contributed by atoms with van der Waals surface area (Å²) < 4.78 is 5.94. The molecule has 8 heteroatoms. The van der Waals surface area contributed by atoms with E-state index in [-0.39, 0.29) is 23.0 Å². The Hall–Kier alpha value is -3.23. The van der Waals surface area contributed by atoms with Crippen LogP contribution in [-0.4, -0.2) is 58.3 Å². The number of ketones is 1. The van der Waals surface area contributed by atoms with Gasteiger partial charge in [-0.15, -0.1) is 0 Å². The number of non-ortho nitro benzene ring substituents is 1. The molecular formula is C23H25N3O5. The molecule has 0 unspecified atom stereocenters. The summed E-state index contributed by atoms with van der Waals surface area (Å²) >= 11 is 0. The highest BCUT2D eigenvalue weighted by atomic mass is 16.6. The Bertz CT molecular complexity index is 1070. The van der Waals surface area contributed by atoms with Crippen LogP contribution in [0.15, 0.2) is 36.1 Å². The molecule has 4 rings (SSSR count). The SMILES string of the molecule is CCN1CCN(Cc2c(O)cc(C)c3c2O/C(=C\c2cccc([N+](=O)[O-])c2)C3=O)CC1. The first-order valence-electron chi connectivity index (χ1n) is 10.4. The summed E-state index contributed by atoms with van der Waals surface area (Å²) in [5, 5.41) is 21.7. The van der Waals surface area contributed by atoms with Gasteiger partial charge in [-0.3, -0.25) is 19.8 Å². The maximum atomic E-state index is 13.0. The van der Waals surface area contributed by atoms with Gasteiger partial charge in [-0.25, -0.2) is 0 Å². The Morgan fingerprint density at radius 3 is 2.58 bits per heavy atom. The number of nitrogens with zero attached hydrogens (tertiary/aromatic N) is 3. The molecule has 2 aliphatic heterocycles. The molecule has 2 aromatic carbocycles. The summed E-state index contributed by atoms with van der Waals surface area (Å²) in [4.78, 5) is 28.2. The second-order valence-electron chi connectivity index (χ2n) is 7.90. The Balaban J connectivity index is 1.64. The highest BCUT2D eigenvalue weighted by Gasteiger charge is 2.34. The van der Waals surface area contributed by atoms with Gasteiger partial charge in [0.05, 0.1) is 16.1 Å². The number of nitro benzene ring substituents is 1. The van der Waals surface area contributed by atoms with Crippen LogP contribution >= 0.6 is 0 Å². The van der Waals surface area contributed by atoms with Crippen LogP contribution in [0.5, 0.6) is 11.5 Å². The lowest BCUT2D eigenvalue weighted by Gasteiger charge is -2.34. The zero-order valence-corrected chi connectivity index (χ0v) is 17.6. The number of ether oxygens (including phenoxy) is 1. The van der Waals surface area contributed by atoms with Gasteiger partial charge in [-0.2, -0.15) is 0 Å². The Labute approximate surface area is 180 Å². The van der Waals surface area contributed by atoms with Crippen LogP contribution in [0.4, 0.5) is 5.69 Å². The molecule has 0 aliphatic carbocycles. The molecule has 8 nitrogen and oxygen atoms in total. The van der Waals surface area contributed by atoms with Crippen LogP contribution in [0, 0.1) is 17.0 Å². The molecule has 162 valence electrons. The van der Waals surface area contributed by atoms with Crippen LogP contribution in [0.1, 0.15) is 34.0 Å². The number of nitro groups is 1. The van der Waals surface area contributed by atoms with E-state index < -0.39 is 4.92 Å². The van der Waals surface area contributed by atoms with Crippen molar-refractivity contribution in [1.82, 2.24) is 9.80 Å². The Morgan fingerprint density at radius 2 is 1.90 bits per heavy atom. The van der Waals surface area contributed by atoms with Gasteiger partial charge in [0.2, 0.25) is 5.78 Å². The van der Waals surface area contributed by atoms with E-state index in [2.05, 4.69) is 16.7 Å². The van der Waals surface area contributed by atoms with Crippen molar-refractivity contribution in [3.05, 3.63) is 68.5 Å². The third-order valence-electron chi connectivity index (χ3n) is 5.89. The molecule has 0 spiro atoms. The molecule has 0 bridgehead atoms. The molecule has 2 aromatic rings. The predicted octanol–water partition coefficient (Wildman–Crippen LogP) is 3.36. The molecule has 0 atom stereocenters. The number of benzene rings is 2. The summed E-state index contributed by atoms with van der Waals surface area (Å²) in [6.07, 6.45) is 1.51. The molecule has 0 radical (unpaired) electrons. The quantitative estimate of drug-likeness (QED) is 0.447. The van der Waals surface area contributed by atoms with Crippen molar-refractivity contribution >= 4 is 17.5 Å². The minimum atomic E-state index is -0.480. The number of fused-ring (bicyclic) bond motifs is 1. The van der Waals surface area contributed by atoms with E-state index in [1.54, 1.807) is 25.1 Å². The fourth-order valence-electron chi connectivity index (χ4n) is 4.10. The van der Waals surface area contributed by atoms with E-state index >= 15 is 0 Å². The van der Waals surface area contributed by atoms with Crippen molar-refractivity contribution in [1.29, 1.82) is 0 Å². The summed E-state index contributed by atoms with van der Waals surface area (Å²) in [6.45, 7) is 9.08. The standard InChI is InChI=1S/C23H25N3O5/c1-3-24-7-9-25(10-8-24)14-18-19(27)11-15(2)21-22(28)20(31-23(18)21)13-16-5-4-6-17(12-16)26(29)30/h4-6,11-13,27H,3,7-10,14H2,1-2H3/b20-13-. The minimum absolute atomic E-state index is 0.0574. The third-order valence-corrected chi connectivity index (χ3v) is 5.89. The predicted molar refractivity (Wildman–Crippen MR) is 116 cm³/mol. The van der Waals surface area contributed by atoms with E-state index in [1.807, 2.05) is 0 Å². The van der Waals surface area contributed by atoms with Gasteiger partial charge in [0, 0.05) is 44.9 Å². The number of phenolic OH excluding ortho intramolecular Hbond substituents is 1. The van der Waals surface area contributed by atoms with E-state index in [9.17, 15) is 20.0 Å². The number of carbonyl (C=O) groups excluding carboxylic acids is 1. The van der Waals surface area contributed by atoms with Crippen LogP contribution in [0.2, 0.25) is 0 Å². The third kappa shape index (κ3) is 4.17. The van der Waals surface area contributed by atoms with E-state index in [1.165, 1.54) is 18.2 Å². The topological polar surface area (TPSA) is 96.2 Å². The van der Waals surface area contributed by atoms with Gasteiger partial charge in [-0.1, -0.05) is 19.1 Å². The molecule has 31 heavy (non-hydrogen) atoms. The van der Waals surface area contributed by atoms with Crippen molar-refractivity contribution < 1.29 is 19.6 Å². The van der Waals surface area contributed by atoms with Crippen molar-refractivity contribution in [3.63, 3.8) is 0 Å². The minimum Gasteiger partial charge on any atom is -0.507 e. The molecule has 1 N–H and O–H groups in total. The van der Waals surface area contributed by atoms with Crippen LogP contribution in [0.25, 0.3) is 6.08 Å². The fraction of sp³-hybridized carbons (Fsp3) is 0.348. The number of phenols is 1. The average Bonchev–Trinajstić information content (AvgIpc) is 3.08. The fourth-order valence-corrected chi connectivity index (χ4v) is 4.10. The molecule has 1 fully saturated rings. The molecule has 2 aliphatic rings. The number of piperazine rings is 1. The monoisotopic (exact) mass is 423 g/mol. The first-order chi connectivity index (χ1) is 14.9. The van der Waals surface area contributed by atoms with E-state index in [4.69, 9.17) is 4.74 Å². The summed E-state index contributed by atoms with van der Waals surface area (Å²) in [6, 6.07) is 7.64. The number of carbonyl (C=O) groups is 1. The smallest absolute Gasteiger partial charge is 0.270 e. The number of aryl methyl sites for hydroxylation is 1. The van der Waals surface area contributed by atoms with Gasteiger partial charge in [0.15, 0.2) is 5.76 Å². The Kier molecular flexibility index (Phi) is 5.75. The lowest BCUT2D eigenvalue weighted by molar-refractivity contribution is -0.384. The molecule has 0 saturated carbocycles. The van der Waals surface area contributed by atoms with Gasteiger partial charge in [-0.05, 0) is 36.7 Å². The first-order valence-corrected chi connectivity index (χ1v) is 10.4. The van der Waals surface area contributed by atoms with Crippen molar-refractivity contribution in [2.45, 2.75) is 20.4 Å². The highest BCUT2D eigenvalue weighted by Crippen LogP contribution is 2.42. The second kappa shape index (κ2) is 8.49. The number of allylic oxidation sites excluding steroid dienone is 1. The van der Waals surface area contributed by atoms with Crippen molar-refractivity contribution in [2.75, 3.05) is 32.7 Å². The van der Waals surface area contributed by atoms with Crippen molar-refractivity contribution in [3.8, 4) is 11.5 Å². The number of rotatable bonds is 5. The summed E-state index contributed by atoms with van der Waals surface area (Å²) in [5.74, 6) is 0.313. The van der Waals surface area contributed by atoms with Gasteiger partial charge < -0.3 is 14.7 Å². The zero-order chi connectivity index (χ0) is 22.1. The lowest BCUT2D eigenvalue weighted by atomic mass is 9.99. The highest BCUT2D eigenvalue weighted by molar-refractivity contribution is 6.15. The Morgan fingerprint density at radius 1 is 1.19 bits per heavy atom. The van der Waals surface area contributed by atoms with Crippen molar-refractivity contribution in [2.24, 2.45) is 0 Å². The van der Waals surface area contributed by atoms with Crippen LogP contribution in [0.3, 0.4) is 0 Å². The number of likely N-dealkylation sites (N-methyl/N-ethyl adjacent to an activating group) is 1. The number of hydrogen-bond donors (Lipinski definition) is 1. The zero-order valence-electron chi connectivity index (χ0n) is 17.6. The average molecular weight is 423 g/mol. The van der Waals surface area contributed by atoms with E-state index in [0.717, 1.165) is 32.7 Å². The number of hydrogen-bond acceptors (Lipinski definition) is 7. The van der Waals surface area contributed by atoms with Crippen LogP contribution in [-0.2, 0) is 6.54 Å². The summed E-state index contributed by atoms with van der Waals surface area (Å²) in [5.41, 5.74) is 2.13. The maximum Gasteiger partial charge on any atom is 0.270 e. The van der Waals surface area contributed by atoms with E-state index in [0.29, 0.717) is 34.5 Å². The molecule has 0 aromatic heterocycles. The first kappa shape index (κ1) is 21.0. The molecule has 1 saturated heterocycles. The number of Topliss-reactive ketones (excluding diaryl/α,β-unsaturated/α-hetero) is 1. The van der Waals surface area contributed by atoms with Gasteiger partial charge >= 0.3 is 0 Å². The number of aromatic hydroxyl groups is 1. The summed E-state index contributed by atoms with van der Waals surface area (Å²) in [7, 11) is 0. The maximum absolute atomic E-state index is 13.0. The van der Waals surface area contributed by atoms with Crippen LogP contribution < -0.4 is 4.74 Å². The largest absolute Gasteiger partial charge is 0.507 e. The molecule has 0 amide bonds.